The van der Waals surface area contributed by atoms with Gasteiger partial charge in [0.25, 0.3) is 0 Å². The fourth-order valence-corrected chi connectivity index (χ4v) is 3.15. The van der Waals surface area contributed by atoms with E-state index in [0.717, 1.165) is 6.54 Å². The molecule has 0 aromatic rings. The molecular weight excluding hydrogens is 182 g/mol. The number of likely N-dealkylation sites (N-methyl/N-ethyl adjacent to an activating group) is 1. The van der Waals surface area contributed by atoms with Crippen LogP contribution >= 0.6 is 0 Å². The van der Waals surface area contributed by atoms with Gasteiger partial charge in [-0.05, 0) is 42.5 Å². The largest absolute Gasteiger partial charge is 0.376 e. The highest BCUT2D eigenvalue weighted by Crippen LogP contribution is 2.45. The van der Waals surface area contributed by atoms with Crippen molar-refractivity contribution in [1.29, 1.82) is 0 Å². The lowest BCUT2D eigenvalue weighted by Crippen LogP contribution is -2.32. The summed E-state index contributed by atoms with van der Waals surface area (Å²) in [5, 5.41) is 0. The zero-order valence-electron chi connectivity index (χ0n) is 10.1. The summed E-state index contributed by atoms with van der Waals surface area (Å²) in [6.45, 7) is 3.51. The first-order valence-corrected chi connectivity index (χ1v) is 6.35. The van der Waals surface area contributed by atoms with E-state index in [9.17, 15) is 0 Å². The zero-order valence-corrected chi connectivity index (χ0v) is 10.1. The first-order chi connectivity index (χ1) is 7.27. The molecule has 15 heavy (non-hydrogen) atoms. The van der Waals surface area contributed by atoms with Crippen LogP contribution < -0.4 is 0 Å². The van der Waals surface area contributed by atoms with Crippen molar-refractivity contribution in [3.63, 3.8) is 0 Å². The van der Waals surface area contributed by atoms with Crippen molar-refractivity contribution in [1.82, 2.24) is 4.90 Å². The van der Waals surface area contributed by atoms with Crippen molar-refractivity contribution < 1.29 is 0 Å². The van der Waals surface area contributed by atoms with E-state index in [4.69, 9.17) is 0 Å². The summed E-state index contributed by atoms with van der Waals surface area (Å²) < 4.78 is 0. The number of allylic oxidation sites excluding steroid dienone is 2. The second-order valence-corrected chi connectivity index (χ2v) is 5.14. The van der Waals surface area contributed by atoms with Crippen LogP contribution in [0.4, 0.5) is 0 Å². The van der Waals surface area contributed by atoms with Crippen LogP contribution in [0.15, 0.2) is 23.9 Å². The van der Waals surface area contributed by atoms with Gasteiger partial charge in [0, 0.05) is 13.6 Å². The van der Waals surface area contributed by atoms with Gasteiger partial charge in [-0.1, -0.05) is 32.3 Å². The summed E-state index contributed by atoms with van der Waals surface area (Å²) in [5.74, 6) is 0. The van der Waals surface area contributed by atoms with Crippen molar-refractivity contribution in [2.75, 3.05) is 13.6 Å². The fraction of sp³-hybridized carbons (Fsp3) is 0.714. The molecule has 0 atom stereocenters. The van der Waals surface area contributed by atoms with Gasteiger partial charge in [0.2, 0.25) is 0 Å². The van der Waals surface area contributed by atoms with E-state index in [1.807, 2.05) is 0 Å². The Bertz CT molecular complexity index is 269. The van der Waals surface area contributed by atoms with E-state index in [1.165, 1.54) is 38.5 Å². The molecular formula is C14H23N. The lowest BCUT2D eigenvalue weighted by molar-refractivity contribution is 0.216. The Morgan fingerprint density at radius 3 is 2.60 bits per heavy atom. The van der Waals surface area contributed by atoms with E-state index in [2.05, 4.69) is 37.2 Å². The summed E-state index contributed by atoms with van der Waals surface area (Å²) >= 11 is 0. The van der Waals surface area contributed by atoms with Crippen molar-refractivity contribution in [3.05, 3.63) is 23.9 Å². The van der Waals surface area contributed by atoms with Gasteiger partial charge < -0.3 is 4.90 Å². The highest BCUT2D eigenvalue weighted by molar-refractivity contribution is 5.25. The standard InChI is InChI=1S/C14H23N/c1-3-14(9-5-4-6-10-14)13-8-7-11-15(2)12-13/h7-8,11H,3-6,9-10,12H2,1-2H3. The number of nitrogens with zero attached hydrogens (tertiary/aromatic N) is 1. The minimum Gasteiger partial charge on any atom is -0.376 e. The molecule has 1 heterocycles. The van der Waals surface area contributed by atoms with Crippen LogP contribution in [0.2, 0.25) is 0 Å². The van der Waals surface area contributed by atoms with E-state index < -0.39 is 0 Å². The predicted molar refractivity (Wildman–Crippen MR) is 65.7 cm³/mol. The normalized spacial score (nSPS) is 25.2. The van der Waals surface area contributed by atoms with Gasteiger partial charge in [0.1, 0.15) is 0 Å². The van der Waals surface area contributed by atoms with Gasteiger partial charge in [-0.3, -0.25) is 0 Å². The molecule has 1 aliphatic carbocycles. The topological polar surface area (TPSA) is 3.24 Å². The van der Waals surface area contributed by atoms with Crippen LogP contribution in [0.3, 0.4) is 0 Å². The van der Waals surface area contributed by atoms with Gasteiger partial charge in [-0.2, -0.15) is 0 Å². The first-order valence-electron chi connectivity index (χ1n) is 6.35. The Hall–Kier alpha value is -0.720. The lowest BCUT2D eigenvalue weighted by Gasteiger charge is -2.41. The van der Waals surface area contributed by atoms with Crippen LogP contribution in [0, 0.1) is 5.41 Å². The second kappa shape index (κ2) is 4.42. The summed E-state index contributed by atoms with van der Waals surface area (Å²) in [6.07, 6.45) is 15.2. The predicted octanol–water partition coefficient (Wildman–Crippen LogP) is 3.73. The Balaban J connectivity index is 2.17. The summed E-state index contributed by atoms with van der Waals surface area (Å²) in [5.41, 5.74) is 2.21. The third kappa shape index (κ3) is 2.11. The third-order valence-corrected chi connectivity index (χ3v) is 4.23. The first kappa shape index (κ1) is 10.8. The van der Waals surface area contributed by atoms with Gasteiger partial charge in [0.15, 0.2) is 0 Å². The summed E-state index contributed by atoms with van der Waals surface area (Å²) in [7, 11) is 2.18. The van der Waals surface area contributed by atoms with E-state index >= 15 is 0 Å². The number of rotatable bonds is 2. The molecule has 0 spiro atoms. The molecule has 0 aromatic heterocycles. The maximum atomic E-state index is 2.37. The molecule has 2 aliphatic rings. The molecule has 1 aliphatic heterocycles. The molecule has 0 saturated heterocycles. The molecule has 0 aromatic carbocycles. The van der Waals surface area contributed by atoms with Crippen molar-refractivity contribution >= 4 is 0 Å². The van der Waals surface area contributed by atoms with Crippen molar-refractivity contribution in [3.8, 4) is 0 Å². The maximum absolute atomic E-state index is 2.37. The smallest absolute Gasteiger partial charge is 0.0388 e. The average Bonchev–Trinajstić information content (AvgIpc) is 2.30. The molecule has 1 fully saturated rings. The lowest BCUT2D eigenvalue weighted by atomic mass is 9.67. The molecule has 0 N–H and O–H groups in total. The highest BCUT2D eigenvalue weighted by Gasteiger charge is 2.34. The zero-order chi connectivity index (χ0) is 10.7. The SMILES string of the molecule is CCC1(C2=CC=CN(C)C2)CCCCC1. The monoisotopic (exact) mass is 205 g/mol. The average molecular weight is 205 g/mol. The molecule has 1 heteroatoms. The molecule has 0 radical (unpaired) electrons. The Kier molecular flexibility index (Phi) is 3.18. The number of hydrogen-bond acceptors (Lipinski definition) is 1. The highest BCUT2D eigenvalue weighted by atomic mass is 15.1. The van der Waals surface area contributed by atoms with Gasteiger partial charge >= 0.3 is 0 Å². The van der Waals surface area contributed by atoms with Crippen LogP contribution in [-0.4, -0.2) is 18.5 Å². The molecule has 0 bridgehead atoms. The number of hydrogen-bond donors (Lipinski definition) is 0. The van der Waals surface area contributed by atoms with Gasteiger partial charge in [0.05, 0.1) is 0 Å². The summed E-state index contributed by atoms with van der Waals surface area (Å²) in [6, 6.07) is 0. The summed E-state index contributed by atoms with van der Waals surface area (Å²) in [4.78, 5) is 2.31. The Morgan fingerprint density at radius 2 is 2.00 bits per heavy atom. The third-order valence-electron chi connectivity index (χ3n) is 4.23. The van der Waals surface area contributed by atoms with Gasteiger partial charge in [-0.25, -0.2) is 0 Å². The van der Waals surface area contributed by atoms with Crippen molar-refractivity contribution in [2.45, 2.75) is 45.4 Å². The van der Waals surface area contributed by atoms with Gasteiger partial charge in [-0.15, -0.1) is 0 Å². The maximum Gasteiger partial charge on any atom is 0.0388 e. The van der Waals surface area contributed by atoms with Crippen LogP contribution in [0.5, 0.6) is 0 Å². The minimum absolute atomic E-state index is 0.539. The molecule has 0 amide bonds. The van der Waals surface area contributed by atoms with E-state index in [0.29, 0.717) is 5.41 Å². The molecule has 1 saturated carbocycles. The van der Waals surface area contributed by atoms with E-state index in [-0.39, 0.29) is 0 Å². The fourth-order valence-electron chi connectivity index (χ4n) is 3.15. The molecule has 0 unspecified atom stereocenters. The van der Waals surface area contributed by atoms with Crippen LogP contribution in [-0.2, 0) is 0 Å². The minimum atomic E-state index is 0.539. The van der Waals surface area contributed by atoms with Crippen LogP contribution in [0.1, 0.15) is 45.4 Å². The molecule has 84 valence electrons. The second-order valence-electron chi connectivity index (χ2n) is 5.14. The Labute approximate surface area is 93.9 Å². The molecule has 2 rings (SSSR count). The van der Waals surface area contributed by atoms with Crippen molar-refractivity contribution in [2.24, 2.45) is 5.41 Å². The van der Waals surface area contributed by atoms with Crippen LogP contribution in [0.25, 0.3) is 0 Å². The Morgan fingerprint density at radius 1 is 1.27 bits per heavy atom. The van der Waals surface area contributed by atoms with E-state index in [1.54, 1.807) is 5.57 Å². The quantitative estimate of drug-likeness (QED) is 0.664. The molecule has 1 nitrogen and oxygen atoms in total.